The molecule has 1 saturated carbocycles. The van der Waals surface area contributed by atoms with E-state index >= 15 is 0 Å². The first-order valence-corrected chi connectivity index (χ1v) is 9.45. The Kier molecular flexibility index (Phi) is 4.76. The number of hydrogen-bond acceptors (Lipinski definition) is 4. The Morgan fingerprint density at radius 3 is 2.27 bits per heavy atom. The Labute approximate surface area is 155 Å². The Balaban J connectivity index is 1.76. The standard InChI is InChI=1S/C21H29NO4/c1-5-25-17(23)21(16-9-7-6-8-10-16)15-20(21)11-13-22(14-12-20)18(24)26-19(2,3)4/h6-10H,5,11-15H2,1-4H3. The molecule has 2 aliphatic rings. The van der Waals surface area contributed by atoms with Crippen molar-refractivity contribution in [3.05, 3.63) is 35.9 Å². The second-order valence-electron chi connectivity index (χ2n) is 8.42. The third-order valence-corrected chi connectivity index (χ3v) is 5.65. The molecule has 142 valence electrons. The molecule has 1 saturated heterocycles. The van der Waals surface area contributed by atoms with Crippen molar-refractivity contribution in [1.29, 1.82) is 0 Å². The first kappa shape index (κ1) is 18.7. The number of amides is 1. The van der Waals surface area contributed by atoms with Gasteiger partial charge in [-0.3, -0.25) is 4.79 Å². The van der Waals surface area contributed by atoms with E-state index in [1.165, 1.54) is 0 Å². The van der Waals surface area contributed by atoms with E-state index in [0.717, 1.165) is 24.8 Å². The van der Waals surface area contributed by atoms with Crippen LogP contribution in [0.3, 0.4) is 0 Å². The van der Waals surface area contributed by atoms with Crippen molar-refractivity contribution in [2.45, 2.75) is 58.0 Å². The third kappa shape index (κ3) is 3.19. The highest BCUT2D eigenvalue weighted by molar-refractivity contribution is 5.89. The fourth-order valence-corrected chi connectivity index (χ4v) is 4.30. The zero-order chi connectivity index (χ0) is 19.0. The average Bonchev–Trinajstić information content (AvgIpc) is 3.24. The van der Waals surface area contributed by atoms with Gasteiger partial charge in [0.15, 0.2) is 0 Å². The zero-order valence-electron chi connectivity index (χ0n) is 16.2. The summed E-state index contributed by atoms with van der Waals surface area (Å²) >= 11 is 0. The molecule has 1 heterocycles. The first-order chi connectivity index (χ1) is 12.2. The van der Waals surface area contributed by atoms with Gasteiger partial charge in [-0.05, 0) is 57.9 Å². The molecule has 0 bridgehead atoms. The lowest BCUT2D eigenvalue weighted by Crippen LogP contribution is -2.44. The van der Waals surface area contributed by atoms with Gasteiger partial charge in [-0.25, -0.2) is 4.79 Å². The summed E-state index contributed by atoms with van der Waals surface area (Å²) < 4.78 is 10.9. The van der Waals surface area contributed by atoms with E-state index in [4.69, 9.17) is 9.47 Å². The largest absolute Gasteiger partial charge is 0.465 e. The summed E-state index contributed by atoms with van der Waals surface area (Å²) in [6.45, 7) is 9.07. The van der Waals surface area contributed by atoms with Gasteiger partial charge in [0, 0.05) is 13.1 Å². The molecule has 1 amide bonds. The topological polar surface area (TPSA) is 55.8 Å². The molecule has 0 N–H and O–H groups in total. The number of benzene rings is 1. The molecule has 1 aromatic rings. The molecule has 3 rings (SSSR count). The van der Waals surface area contributed by atoms with Crippen LogP contribution in [0.15, 0.2) is 30.3 Å². The molecule has 5 nitrogen and oxygen atoms in total. The molecule has 5 heteroatoms. The molecule has 0 radical (unpaired) electrons. The highest BCUT2D eigenvalue weighted by Crippen LogP contribution is 2.70. The number of carbonyl (C=O) groups is 2. The van der Waals surface area contributed by atoms with Crippen LogP contribution >= 0.6 is 0 Å². The molecule has 26 heavy (non-hydrogen) atoms. The smallest absolute Gasteiger partial charge is 0.410 e. The number of ether oxygens (including phenoxy) is 2. The van der Waals surface area contributed by atoms with Crippen LogP contribution in [0.5, 0.6) is 0 Å². The van der Waals surface area contributed by atoms with Crippen LogP contribution in [0.1, 0.15) is 52.5 Å². The Hall–Kier alpha value is -2.04. The molecule has 1 atom stereocenters. The van der Waals surface area contributed by atoms with Crippen LogP contribution in [0.4, 0.5) is 4.79 Å². The molecular formula is C21H29NO4. The van der Waals surface area contributed by atoms with E-state index in [9.17, 15) is 9.59 Å². The van der Waals surface area contributed by atoms with Gasteiger partial charge in [-0.15, -0.1) is 0 Å². The second-order valence-corrected chi connectivity index (χ2v) is 8.42. The summed E-state index contributed by atoms with van der Waals surface area (Å²) in [6.07, 6.45) is 2.11. The van der Waals surface area contributed by atoms with Crippen molar-refractivity contribution < 1.29 is 19.1 Å². The lowest BCUT2D eigenvalue weighted by Gasteiger charge is -2.36. The number of likely N-dealkylation sites (tertiary alicyclic amines) is 1. The predicted molar refractivity (Wildman–Crippen MR) is 98.8 cm³/mol. The SMILES string of the molecule is CCOC(=O)C1(c2ccccc2)CC12CCN(C(=O)OC(C)(C)C)CC2. The van der Waals surface area contributed by atoms with Gasteiger partial charge >= 0.3 is 12.1 Å². The maximum atomic E-state index is 12.9. The Morgan fingerprint density at radius 2 is 1.73 bits per heavy atom. The van der Waals surface area contributed by atoms with Gasteiger partial charge in [-0.1, -0.05) is 30.3 Å². The lowest BCUT2D eigenvalue weighted by molar-refractivity contribution is -0.147. The van der Waals surface area contributed by atoms with E-state index in [0.29, 0.717) is 19.7 Å². The lowest BCUT2D eigenvalue weighted by atomic mass is 9.80. The summed E-state index contributed by atoms with van der Waals surface area (Å²) in [5, 5.41) is 0. The van der Waals surface area contributed by atoms with E-state index in [1.54, 1.807) is 4.90 Å². The van der Waals surface area contributed by atoms with Crippen molar-refractivity contribution in [3.8, 4) is 0 Å². The number of hydrogen-bond donors (Lipinski definition) is 0. The van der Waals surface area contributed by atoms with E-state index in [2.05, 4.69) is 0 Å². The summed E-state index contributed by atoms with van der Waals surface area (Å²) in [6, 6.07) is 9.94. The van der Waals surface area contributed by atoms with Gasteiger partial charge in [-0.2, -0.15) is 0 Å². The highest BCUT2D eigenvalue weighted by Gasteiger charge is 2.73. The minimum absolute atomic E-state index is 0.112. The molecule has 1 aromatic carbocycles. The molecule has 1 spiro atoms. The minimum atomic E-state index is -0.565. The maximum Gasteiger partial charge on any atom is 0.410 e. The van der Waals surface area contributed by atoms with Gasteiger partial charge in [0.2, 0.25) is 0 Å². The fraction of sp³-hybridized carbons (Fsp3) is 0.619. The molecule has 1 aliphatic carbocycles. The quantitative estimate of drug-likeness (QED) is 0.768. The van der Waals surface area contributed by atoms with E-state index in [1.807, 2.05) is 58.0 Å². The summed E-state index contributed by atoms with van der Waals surface area (Å²) in [7, 11) is 0. The molecule has 2 fully saturated rings. The van der Waals surface area contributed by atoms with Gasteiger partial charge < -0.3 is 14.4 Å². The van der Waals surface area contributed by atoms with Crippen molar-refractivity contribution in [2.75, 3.05) is 19.7 Å². The van der Waals surface area contributed by atoms with Crippen LogP contribution in [0.2, 0.25) is 0 Å². The minimum Gasteiger partial charge on any atom is -0.465 e. The number of esters is 1. The Morgan fingerprint density at radius 1 is 1.12 bits per heavy atom. The summed E-state index contributed by atoms with van der Waals surface area (Å²) in [4.78, 5) is 27.0. The van der Waals surface area contributed by atoms with Crippen LogP contribution < -0.4 is 0 Å². The van der Waals surface area contributed by atoms with Crippen molar-refractivity contribution in [3.63, 3.8) is 0 Å². The molecular weight excluding hydrogens is 330 g/mol. The number of piperidine rings is 1. The molecule has 1 aliphatic heterocycles. The predicted octanol–water partition coefficient (Wildman–Crippen LogP) is 3.91. The third-order valence-electron chi connectivity index (χ3n) is 5.65. The maximum absolute atomic E-state index is 12.9. The Bertz CT molecular complexity index is 671. The van der Waals surface area contributed by atoms with Crippen molar-refractivity contribution in [1.82, 2.24) is 4.90 Å². The van der Waals surface area contributed by atoms with Crippen LogP contribution in [-0.2, 0) is 19.7 Å². The van der Waals surface area contributed by atoms with Crippen LogP contribution in [-0.4, -0.2) is 42.3 Å². The van der Waals surface area contributed by atoms with E-state index in [-0.39, 0.29) is 17.5 Å². The van der Waals surface area contributed by atoms with Gasteiger partial charge in [0.05, 0.1) is 12.0 Å². The second kappa shape index (κ2) is 6.60. The normalized spacial score (nSPS) is 24.2. The van der Waals surface area contributed by atoms with Gasteiger partial charge in [0.1, 0.15) is 5.60 Å². The first-order valence-electron chi connectivity index (χ1n) is 9.45. The van der Waals surface area contributed by atoms with Gasteiger partial charge in [0.25, 0.3) is 0 Å². The number of nitrogens with zero attached hydrogens (tertiary/aromatic N) is 1. The summed E-state index contributed by atoms with van der Waals surface area (Å²) in [5.74, 6) is -0.128. The van der Waals surface area contributed by atoms with Crippen LogP contribution in [0, 0.1) is 5.41 Å². The number of carbonyl (C=O) groups excluding carboxylic acids is 2. The monoisotopic (exact) mass is 359 g/mol. The van der Waals surface area contributed by atoms with Crippen molar-refractivity contribution >= 4 is 12.1 Å². The van der Waals surface area contributed by atoms with Crippen LogP contribution in [0.25, 0.3) is 0 Å². The molecule has 1 unspecified atom stereocenters. The zero-order valence-corrected chi connectivity index (χ0v) is 16.2. The summed E-state index contributed by atoms with van der Waals surface area (Å²) in [5.41, 5.74) is -0.141. The average molecular weight is 359 g/mol. The van der Waals surface area contributed by atoms with E-state index < -0.39 is 11.0 Å². The fourth-order valence-electron chi connectivity index (χ4n) is 4.30. The number of rotatable bonds is 3. The van der Waals surface area contributed by atoms with Crippen molar-refractivity contribution in [2.24, 2.45) is 5.41 Å². The molecule has 0 aromatic heterocycles. The highest BCUT2D eigenvalue weighted by atomic mass is 16.6.